The minimum atomic E-state index is -1.15. The van der Waals surface area contributed by atoms with Gasteiger partial charge in [-0.2, -0.15) is 0 Å². The summed E-state index contributed by atoms with van der Waals surface area (Å²) in [6.45, 7) is 1.70. The lowest BCUT2D eigenvalue weighted by atomic mass is 9.98. The lowest BCUT2D eigenvalue weighted by Crippen LogP contribution is -2.41. The molecule has 142 valence electrons. The van der Waals surface area contributed by atoms with E-state index in [0.717, 1.165) is 22.3 Å². The van der Waals surface area contributed by atoms with E-state index < -0.39 is 24.2 Å². The van der Waals surface area contributed by atoms with Gasteiger partial charge in [0.2, 0.25) is 0 Å². The number of ether oxygens (including phenoxy) is 1. The number of rotatable bonds is 7. The Morgan fingerprint density at radius 3 is 2.11 bits per heavy atom. The number of carbonyl (C=O) groups is 2. The molecule has 1 amide bonds. The second-order valence-corrected chi connectivity index (χ2v) is 6.79. The molecule has 1 aliphatic carbocycles. The quantitative estimate of drug-likeness (QED) is 0.697. The fraction of sp³-hybridized carbons (Fsp3) is 0.333. The van der Waals surface area contributed by atoms with Crippen molar-refractivity contribution in [2.75, 3.05) is 6.61 Å². The number of amides is 1. The molecule has 2 aromatic rings. The van der Waals surface area contributed by atoms with E-state index in [1.807, 2.05) is 48.5 Å². The molecule has 6 nitrogen and oxygen atoms in total. The molecule has 0 spiro atoms. The molecular weight excluding hydrogens is 346 g/mol. The summed E-state index contributed by atoms with van der Waals surface area (Å²) in [6.07, 6.45) is -0.983. The summed E-state index contributed by atoms with van der Waals surface area (Å²) >= 11 is 0. The van der Waals surface area contributed by atoms with E-state index in [4.69, 9.17) is 4.74 Å². The van der Waals surface area contributed by atoms with Gasteiger partial charge in [0, 0.05) is 5.92 Å². The lowest BCUT2D eigenvalue weighted by molar-refractivity contribution is -0.139. The molecular formula is C21H23NO5. The summed E-state index contributed by atoms with van der Waals surface area (Å²) in [5.41, 5.74) is 4.44. The highest BCUT2D eigenvalue weighted by Gasteiger charge is 2.29. The minimum absolute atomic E-state index is 0.0797. The van der Waals surface area contributed by atoms with Gasteiger partial charge < -0.3 is 20.3 Å². The second kappa shape index (κ2) is 8.22. The largest absolute Gasteiger partial charge is 0.480 e. The highest BCUT2D eigenvalue weighted by Crippen LogP contribution is 2.44. The van der Waals surface area contributed by atoms with E-state index in [-0.39, 0.29) is 25.4 Å². The standard InChI is InChI=1S/C21H23NO5/c1-13(23)10-11-19(20(24)25)22-21(26)27-12-18-16-8-4-2-6-14(16)15-7-3-5-9-17(15)18/h2-9,13,18-19,23H,10-12H2,1H3,(H,22,26)(H,24,25). The summed E-state index contributed by atoms with van der Waals surface area (Å²) in [7, 11) is 0. The number of aliphatic hydroxyl groups is 1. The molecule has 2 atom stereocenters. The fourth-order valence-corrected chi connectivity index (χ4v) is 3.45. The zero-order chi connectivity index (χ0) is 19.4. The fourth-order valence-electron chi connectivity index (χ4n) is 3.45. The number of alkyl carbamates (subject to hydrolysis) is 1. The maximum absolute atomic E-state index is 12.1. The van der Waals surface area contributed by atoms with Gasteiger partial charge in [0.1, 0.15) is 12.6 Å². The number of aliphatic carboxylic acids is 1. The summed E-state index contributed by atoms with van der Waals surface area (Å²) in [5.74, 6) is -1.23. The van der Waals surface area contributed by atoms with Crippen LogP contribution in [0.3, 0.4) is 0 Å². The summed E-state index contributed by atoms with van der Waals surface area (Å²) < 4.78 is 5.35. The van der Waals surface area contributed by atoms with E-state index in [0.29, 0.717) is 0 Å². The van der Waals surface area contributed by atoms with Crippen molar-refractivity contribution in [3.05, 3.63) is 59.7 Å². The first-order valence-electron chi connectivity index (χ1n) is 8.99. The van der Waals surface area contributed by atoms with Crippen molar-refractivity contribution in [2.24, 2.45) is 0 Å². The highest BCUT2D eigenvalue weighted by molar-refractivity contribution is 5.81. The predicted molar refractivity (Wildman–Crippen MR) is 101 cm³/mol. The third-order valence-corrected chi connectivity index (χ3v) is 4.81. The van der Waals surface area contributed by atoms with Gasteiger partial charge in [-0.05, 0) is 42.0 Å². The van der Waals surface area contributed by atoms with Crippen LogP contribution in [-0.2, 0) is 9.53 Å². The van der Waals surface area contributed by atoms with Gasteiger partial charge in [0.05, 0.1) is 6.10 Å². The maximum Gasteiger partial charge on any atom is 0.407 e. The van der Waals surface area contributed by atoms with Crippen LogP contribution in [-0.4, -0.2) is 41.0 Å². The number of carboxylic acid groups (broad SMARTS) is 1. The van der Waals surface area contributed by atoms with Gasteiger partial charge in [-0.15, -0.1) is 0 Å². The van der Waals surface area contributed by atoms with Gasteiger partial charge in [0.15, 0.2) is 0 Å². The number of carboxylic acids is 1. The molecule has 0 heterocycles. The van der Waals surface area contributed by atoms with Gasteiger partial charge >= 0.3 is 12.1 Å². The average molecular weight is 369 g/mol. The van der Waals surface area contributed by atoms with Crippen LogP contribution in [0.1, 0.15) is 36.8 Å². The first-order valence-corrected chi connectivity index (χ1v) is 8.99. The molecule has 0 fully saturated rings. The van der Waals surface area contributed by atoms with Gasteiger partial charge in [0.25, 0.3) is 0 Å². The Balaban J connectivity index is 1.66. The van der Waals surface area contributed by atoms with Crippen molar-refractivity contribution in [1.29, 1.82) is 0 Å². The van der Waals surface area contributed by atoms with Crippen molar-refractivity contribution in [1.82, 2.24) is 5.32 Å². The van der Waals surface area contributed by atoms with E-state index in [1.54, 1.807) is 6.92 Å². The number of hydrogen-bond acceptors (Lipinski definition) is 4. The van der Waals surface area contributed by atoms with Crippen LogP contribution in [0, 0.1) is 0 Å². The number of nitrogens with one attached hydrogen (secondary N) is 1. The number of carbonyl (C=O) groups excluding carboxylic acids is 1. The summed E-state index contributed by atoms with van der Waals surface area (Å²) in [4.78, 5) is 23.4. The first kappa shape index (κ1) is 18.9. The Morgan fingerprint density at radius 1 is 1.04 bits per heavy atom. The van der Waals surface area contributed by atoms with E-state index in [2.05, 4.69) is 5.32 Å². The number of hydrogen-bond donors (Lipinski definition) is 3. The third kappa shape index (κ3) is 4.28. The topological polar surface area (TPSA) is 95.9 Å². The molecule has 2 aromatic carbocycles. The SMILES string of the molecule is CC(O)CCC(NC(=O)OCC1c2ccccc2-c2ccccc21)C(=O)O. The summed E-state index contributed by atoms with van der Waals surface area (Å²) in [5, 5.41) is 20.9. The molecule has 0 saturated heterocycles. The Bertz CT molecular complexity index is 787. The molecule has 3 N–H and O–H groups in total. The van der Waals surface area contributed by atoms with Crippen LogP contribution < -0.4 is 5.32 Å². The second-order valence-electron chi connectivity index (χ2n) is 6.79. The molecule has 0 radical (unpaired) electrons. The van der Waals surface area contributed by atoms with Crippen LogP contribution in [0.4, 0.5) is 4.79 Å². The average Bonchev–Trinajstić information content (AvgIpc) is 2.97. The molecule has 3 rings (SSSR count). The molecule has 0 saturated carbocycles. The smallest absolute Gasteiger partial charge is 0.407 e. The Kier molecular flexibility index (Phi) is 5.76. The van der Waals surface area contributed by atoms with Crippen LogP contribution in [0.15, 0.2) is 48.5 Å². The van der Waals surface area contributed by atoms with Crippen molar-refractivity contribution >= 4 is 12.1 Å². The molecule has 0 aromatic heterocycles. The van der Waals surface area contributed by atoms with Crippen molar-refractivity contribution in [3.8, 4) is 11.1 Å². The van der Waals surface area contributed by atoms with Gasteiger partial charge in [-0.25, -0.2) is 9.59 Å². The number of aliphatic hydroxyl groups excluding tert-OH is 1. The van der Waals surface area contributed by atoms with Gasteiger partial charge in [-0.3, -0.25) is 0 Å². The molecule has 0 aliphatic heterocycles. The molecule has 1 aliphatic rings. The Hall–Kier alpha value is -2.86. The van der Waals surface area contributed by atoms with E-state index >= 15 is 0 Å². The molecule has 27 heavy (non-hydrogen) atoms. The van der Waals surface area contributed by atoms with Crippen molar-refractivity contribution < 1.29 is 24.5 Å². The predicted octanol–water partition coefficient (Wildman–Crippen LogP) is 3.14. The molecule has 6 heteroatoms. The lowest BCUT2D eigenvalue weighted by Gasteiger charge is -2.18. The Morgan fingerprint density at radius 2 is 1.59 bits per heavy atom. The molecule has 2 unspecified atom stereocenters. The zero-order valence-electron chi connectivity index (χ0n) is 15.1. The normalized spacial score (nSPS) is 14.7. The zero-order valence-corrected chi connectivity index (χ0v) is 15.1. The minimum Gasteiger partial charge on any atom is -0.480 e. The molecule has 0 bridgehead atoms. The highest BCUT2D eigenvalue weighted by atomic mass is 16.5. The third-order valence-electron chi connectivity index (χ3n) is 4.81. The van der Waals surface area contributed by atoms with Crippen LogP contribution in [0.25, 0.3) is 11.1 Å². The monoisotopic (exact) mass is 369 g/mol. The van der Waals surface area contributed by atoms with Crippen molar-refractivity contribution in [3.63, 3.8) is 0 Å². The van der Waals surface area contributed by atoms with Crippen LogP contribution in [0.2, 0.25) is 0 Å². The number of benzene rings is 2. The van der Waals surface area contributed by atoms with Crippen molar-refractivity contribution in [2.45, 2.75) is 37.8 Å². The van der Waals surface area contributed by atoms with Crippen LogP contribution in [0.5, 0.6) is 0 Å². The van der Waals surface area contributed by atoms with E-state index in [9.17, 15) is 19.8 Å². The first-order chi connectivity index (χ1) is 13.0. The van der Waals surface area contributed by atoms with Gasteiger partial charge in [-0.1, -0.05) is 48.5 Å². The van der Waals surface area contributed by atoms with Crippen LogP contribution >= 0.6 is 0 Å². The van der Waals surface area contributed by atoms with E-state index in [1.165, 1.54) is 0 Å². The summed E-state index contributed by atoms with van der Waals surface area (Å²) in [6, 6.07) is 14.9. The maximum atomic E-state index is 12.1. The number of fused-ring (bicyclic) bond motifs is 3. The Labute approximate surface area is 157 Å².